The van der Waals surface area contributed by atoms with Crippen LogP contribution in [0, 0.1) is 5.92 Å². The van der Waals surface area contributed by atoms with E-state index in [9.17, 15) is 9.59 Å². The van der Waals surface area contributed by atoms with Gasteiger partial charge in [0.25, 0.3) is 0 Å². The molecule has 1 aliphatic rings. The van der Waals surface area contributed by atoms with Gasteiger partial charge in [0, 0.05) is 18.1 Å². The molecule has 7 nitrogen and oxygen atoms in total. The minimum absolute atomic E-state index is 0.235. The highest BCUT2D eigenvalue weighted by molar-refractivity contribution is 6.03. The smallest absolute Gasteiger partial charge is 0.328 e. The number of rotatable bonds is 6. The van der Waals surface area contributed by atoms with Gasteiger partial charge >= 0.3 is 5.97 Å². The third kappa shape index (κ3) is 5.77. The van der Waals surface area contributed by atoms with Crippen molar-refractivity contribution in [2.75, 3.05) is 21.3 Å². The summed E-state index contributed by atoms with van der Waals surface area (Å²) < 4.78 is 14.9. The molecule has 128 valence electrons. The van der Waals surface area contributed by atoms with E-state index in [0.717, 1.165) is 0 Å². The topological polar surface area (TPSA) is 86.2 Å². The molecule has 1 N–H and O–H groups in total. The number of esters is 1. The zero-order valence-electron chi connectivity index (χ0n) is 14.2. The van der Waals surface area contributed by atoms with E-state index < -0.39 is 12.0 Å². The molecule has 0 bridgehead atoms. The van der Waals surface area contributed by atoms with Gasteiger partial charge in [0.15, 0.2) is 0 Å². The summed E-state index contributed by atoms with van der Waals surface area (Å²) in [7, 11) is 4.25. The van der Waals surface area contributed by atoms with Crippen molar-refractivity contribution in [3.63, 3.8) is 0 Å². The first-order valence-corrected chi connectivity index (χ1v) is 7.37. The normalized spacial score (nSPS) is 15.7. The maximum absolute atomic E-state index is 12.5. The molecule has 1 aliphatic heterocycles. The van der Waals surface area contributed by atoms with Crippen molar-refractivity contribution in [1.82, 2.24) is 5.32 Å². The lowest BCUT2D eigenvalue weighted by Crippen LogP contribution is -2.43. The fourth-order valence-electron chi connectivity index (χ4n) is 2.06. The number of nitrogens with one attached hydrogen (secondary N) is 1. The number of hydrogen-bond donors (Lipinski definition) is 1. The second-order valence-corrected chi connectivity index (χ2v) is 5.45. The van der Waals surface area contributed by atoms with E-state index in [1.54, 1.807) is 6.08 Å². The summed E-state index contributed by atoms with van der Waals surface area (Å²) in [4.78, 5) is 28.4. The predicted octanol–water partition coefficient (Wildman–Crippen LogP) is 1.55. The minimum atomic E-state index is -0.689. The van der Waals surface area contributed by atoms with Gasteiger partial charge in [0.2, 0.25) is 17.7 Å². The van der Waals surface area contributed by atoms with Crippen molar-refractivity contribution in [3.8, 4) is 0 Å². The minimum Gasteiger partial charge on any atom is -0.481 e. The van der Waals surface area contributed by atoms with Gasteiger partial charge in [-0.2, -0.15) is 4.99 Å². The van der Waals surface area contributed by atoms with Crippen molar-refractivity contribution in [1.29, 1.82) is 0 Å². The number of carbonyl (C=O) groups is 2. The molecule has 0 aliphatic carbocycles. The van der Waals surface area contributed by atoms with Crippen molar-refractivity contribution in [3.05, 3.63) is 23.6 Å². The Bertz CT molecular complexity index is 535. The van der Waals surface area contributed by atoms with Crippen LogP contribution in [0.2, 0.25) is 0 Å². The molecular weight excluding hydrogens is 300 g/mol. The van der Waals surface area contributed by atoms with Crippen LogP contribution in [0.5, 0.6) is 0 Å². The number of nitrogens with zero attached hydrogens (tertiary/aromatic N) is 1. The zero-order chi connectivity index (χ0) is 17.4. The predicted molar refractivity (Wildman–Crippen MR) is 85.6 cm³/mol. The highest BCUT2D eigenvalue weighted by Crippen LogP contribution is 2.15. The van der Waals surface area contributed by atoms with E-state index in [1.165, 1.54) is 27.4 Å². The van der Waals surface area contributed by atoms with Crippen LogP contribution in [0.4, 0.5) is 0 Å². The van der Waals surface area contributed by atoms with E-state index in [1.807, 2.05) is 13.8 Å². The Morgan fingerprint density at radius 3 is 2.48 bits per heavy atom. The number of methoxy groups -OCH3 is 3. The van der Waals surface area contributed by atoms with Gasteiger partial charge in [-0.15, -0.1) is 0 Å². The average Bonchev–Trinajstić information content (AvgIpc) is 2.75. The molecule has 1 heterocycles. The van der Waals surface area contributed by atoms with E-state index >= 15 is 0 Å². The molecule has 1 atom stereocenters. The molecule has 0 aromatic heterocycles. The molecule has 0 saturated carbocycles. The highest BCUT2D eigenvalue weighted by atomic mass is 16.5. The Morgan fingerprint density at radius 1 is 1.26 bits per heavy atom. The molecule has 7 heteroatoms. The Morgan fingerprint density at radius 2 is 1.96 bits per heavy atom. The van der Waals surface area contributed by atoms with Crippen molar-refractivity contribution >= 4 is 17.8 Å². The Labute approximate surface area is 136 Å². The van der Waals surface area contributed by atoms with E-state index in [4.69, 9.17) is 14.2 Å². The maximum atomic E-state index is 12.5. The second kappa shape index (κ2) is 8.97. The molecule has 0 aromatic carbocycles. The number of allylic oxidation sites excluding steroid dienone is 1. The van der Waals surface area contributed by atoms with Crippen molar-refractivity contribution in [2.24, 2.45) is 10.9 Å². The van der Waals surface area contributed by atoms with Gasteiger partial charge < -0.3 is 19.5 Å². The van der Waals surface area contributed by atoms with Gasteiger partial charge in [0.05, 0.1) is 21.3 Å². The lowest BCUT2D eigenvalue weighted by Gasteiger charge is -2.18. The first kappa shape index (κ1) is 18.7. The first-order chi connectivity index (χ1) is 10.9. The van der Waals surface area contributed by atoms with Crippen LogP contribution >= 0.6 is 0 Å². The van der Waals surface area contributed by atoms with Crippen molar-refractivity contribution < 1.29 is 23.8 Å². The standard InChI is InChI=1S/C16H24N2O5/c1-10(2)8-12(16(20)23-5)17-15(19)11-6-7-13(21-3)18-14(9-11)22-4/h7,9-10,12H,6,8H2,1-5H3,(H,17,19). The van der Waals surface area contributed by atoms with Gasteiger partial charge in [-0.25, -0.2) is 4.79 Å². The van der Waals surface area contributed by atoms with Crippen LogP contribution in [0.15, 0.2) is 28.6 Å². The SMILES string of the molecule is COC(=O)C(CC(C)C)NC(=O)C1=CC(OC)=NC(OC)=CC1. The maximum Gasteiger partial charge on any atom is 0.328 e. The molecule has 1 rings (SSSR count). The van der Waals surface area contributed by atoms with Gasteiger partial charge in [-0.3, -0.25) is 4.79 Å². The third-order valence-electron chi connectivity index (χ3n) is 3.22. The van der Waals surface area contributed by atoms with Crippen LogP contribution in [0.3, 0.4) is 0 Å². The zero-order valence-corrected chi connectivity index (χ0v) is 14.2. The molecule has 23 heavy (non-hydrogen) atoms. The van der Waals surface area contributed by atoms with Crippen LogP contribution in [-0.2, 0) is 23.8 Å². The third-order valence-corrected chi connectivity index (χ3v) is 3.22. The first-order valence-electron chi connectivity index (χ1n) is 7.37. The van der Waals surface area contributed by atoms with E-state index in [2.05, 4.69) is 10.3 Å². The van der Waals surface area contributed by atoms with Gasteiger partial charge in [0.1, 0.15) is 6.04 Å². The van der Waals surface area contributed by atoms with E-state index in [0.29, 0.717) is 24.3 Å². The Balaban J connectivity index is 2.90. The second-order valence-electron chi connectivity index (χ2n) is 5.45. The number of amides is 1. The molecule has 0 saturated heterocycles. The number of aliphatic imine (C=N–C) groups is 1. The van der Waals surface area contributed by atoms with Crippen LogP contribution in [0.1, 0.15) is 26.7 Å². The lowest BCUT2D eigenvalue weighted by atomic mass is 10.0. The summed E-state index contributed by atoms with van der Waals surface area (Å²) in [6.07, 6.45) is 4.02. The number of carbonyl (C=O) groups excluding carboxylic acids is 2. The molecule has 0 fully saturated rings. The van der Waals surface area contributed by atoms with E-state index in [-0.39, 0.29) is 17.7 Å². The molecular formula is C16H24N2O5. The summed E-state index contributed by atoms with van der Waals surface area (Å²) in [5.41, 5.74) is 0.426. The summed E-state index contributed by atoms with van der Waals surface area (Å²) >= 11 is 0. The molecule has 1 unspecified atom stereocenters. The molecule has 1 amide bonds. The molecule has 0 aromatic rings. The fourth-order valence-corrected chi connectivity index (χ4v) is 2.06. The van der Waals surface area contributed by atoms with Gasteiger partial charge in [-0.05, 0) is 18.4 Å². The van der Waals surface area contributed by atoms with Crippen LogP contribution in [0.25, 0.3) is 0 Å². The van der Waals surface area contributed by atoms with Crippen LogP contribution in [-0.4, -0.2) is 45.1 Å². The number of hydrogen-bond acceptors (Lipinski definition) is 6. The molecule has 0 spiro atoms. The lowest BCUT2D eigenvalue weighted by molar-refractivity contribution is -0.145. The van der Waals surface area contributed by atoms with Gasteiger partial charge in [-0.1, -0.05) is 13.8 Å². The monoisotopic (exact) mass is 324 g/mol. The fraction of sp³-hybridized carbons (Fsp3) is 0.562. The summed E-state index contributed by atoms with van der Waals surface area (Å²) in [6, 6.07) is -0.689. The molecule has 0 radical (unpaired) electrons. The summed E-state index contributed by atoms with van der Waals surface area (Å²) in [5.74, 6) is 0.0415. The number of ether oxygens (including phenoxy) is 3. The van der Waals surface area contributed by atoms with Crippen molar-refractivity contribution in [2.45, 2.75) is 32.7 Å². The Kier molecular flexibility index (Phi) is 7.31. The summed E-state index contributed by atoms with van der Waals surface area (Å²) in [5, 5.41) is 2.71. The summed E-state index contributed by atoms with van der Waals surface area (Å²) in [6.45, 7) is 3.94. The van der Waals surface area contributed by atoms with Crippen LogP contribution < -0.4 is 5.32 Å². The largest absolute Gasteiger partial charge is 0.481 e. The highest BCUT2D eigenvalue weighted by Gasteiger charge is 2.24. The quantitative estimate of drug-likeness (QED) is 0.749. The Hall–Kier alpha value is -2.31. The average molecular weight is 324 g/mol.